The van der Waals surface area contributed by atoms with Crippen molar-refractivity contribution < 1.29 is 0 Å². The molecule has 0 amide bonds. The van der Waals surface area contributed by atoms with E-state index in [1.165, 1.54) is 0 Å². The van der Waals surface area contributed by atoms with Gasteiger partial charge >= 0.3 is 5.69 Å². The summed E-state index contributed by atoms with van der Waals surface area (Å²) in [5, 5.41) is 11.5. The molecule has 1 N–H and O–H groups in total. The number of benzene rings is 2. The number of hydrogen-bond acceptors (Lipinski definition) is 2. The average molecular weight is 271 g/mol. The average Bonchev–Trinajstić information content (AvgIpc) is 2.93. The standard InChI is InChI=1S/C17H11N4/c18-21-15-8-4-2-6-13(15)16-17-12(9-10-19-16)11-5-1-3-7-14(11)20-17/h1-10,20H/q+1. The second-order valence-corrected chi connectivity index (χ2v) is 4.87. The first kappa shape index (κ1) is 11.6. The minimum Gasteiger partial charge on any atom is -0.353 e. The van der Waals surface area contributed by atoms with Gasteiger partial charge in [-0.1, -0.05) is 30.3 Å². The van der Waals surface area contributed by atoms with Crippen molar-refractivity contribution in [3.05, 3.63) is 65.8 Å². The molecule has 0 unspecified atom stereocenters. The Balaban J connectivity index is 2.13. The smallest absolute Gasteiger partial charge is 0.353 e. The fraction of sp³-hybridized carbons (Fsp3) is 0. The Morgan fingerprint density at radius 3 is 2.62 bits per heavy atom. The van der Waals surface area contributed by atoms with E-state index in [0.717, 1.165) is 33.1 Å². The highest BCUT2D eigenvalue weighted by Crippen LogP contribution is 2.35. The van der Waals surface area contributed by atoms with E-state index in [0.29, 0.717) is 5.69 Å². The highest BCUT2D eigenvalue weighted by molar-refractivity contribution is 6.11. The molecule has 0 bridgehead atoms. The molecule has 4 heteroatoms. The van der Waals surface area contributed by atoms with Crippen LogP contribution >= 0.6 is 0 Å². The highest BCUT2D eigenvalue weighted by Gasteiger charge is 2.19. The van der Waals surface area contributed by atoms with E-state index in [1.54, 1.807) is 12.3 Å². The van der Waals surface area contributed by atoms with Gasteiger partial charge in [0.15, 0.2) is 4.98 Å². The van der Waals surface area contributed by atoms with Gasteiger partial charge in [0.05, 0.1) is 11.1 Å². The lowest BCUT2D eigenvalue weighted by molar-refractivity contribution is 1.34. The zero-order chi connectivity index (χ0) is 14.2. The number of H-pyrrole nitrogens is 1. The van der Waals surface area contributed by atoms with Crippen molar-refractivity contribution in [1.82, 2.24) is 9.97 Å². The summed E-state index contributed by atoms with van der Waals surface area (Å²) >= 11 is 0. The van der Waals surface area contributed by atoms with Crippen molar-refractivity contribution in [1.29, 1.82) is 5.39 Å². The van der Waals surface area contributed by atoms with E-state index < -0.39 is 0 Å². The summed E-state index contributed by atoms with van der Waals surface area (Å²) in [4.78, 5) is 11.2. The molecule has 0 aliphatic rings. The molecule has 4 rings (SSSR count). The van der Waals surface area contributed by atoms with Crippen molar-refractivity contribution in [2.24, 2.45) is 0 Å². The zero-order valence-corrected chi connectivity index (χ0v) is 11.1. The first-order chi connectivity index (χ1) is 10.4. The van der Waals surface area contributed by atoms with Gasteiger partial charge in [-0.3, -0.25) is 4.98 Å². The maximum atomic E-state index is 9.18. The molecule has 2 heterocycles. The molecule has 0 spiro atoms. The van der Waals surface area contributed by atoms with Crippen LogP contribution in [-0.4, -0.2) is 9.97 Å². The fourth-order valence-corrected chi connectivity index (χ4v) is 2.74. The Morgan fingerprint density at radius 1 is 0.905 bits per heavy atom. The number of para-hydroxylation sites is 1. The monoisotopic (exact) mass is 271 g/mol. The predicted octanol–water partition coefficient (Wildman–Crippen LogP) is 4.87. The summed E-state index contributed by atoms with van der Waals surface area (Å²) in [6.07, 6.45) is 1.78. The van der Waals surface area contributed by atoms with Gasteiger partial charge in [-0.05, 0) is 18.2 Å². The molecular formula is C17H11N4+. The van der Waals surface area contributed by atoms with Crippen molar-refractivity contribution in [3.63, 3.8) is 0 Å². The molecule has 0 atom stereocenters. The minimum absolute atomic E-state index is 0.510. The molecule has 0 saturated carbocycles. The number of hydrogen-bond donors (Lipinski definition) is 1. The topological polar surface area (TPSA) is 56.8 Å². The van der Waals surface area contributed by atoms with E-state index in [4.69, 9.17) is 0 Å². The summed E-state index contributed by atoms with van der Waals surface area (Å²) in [7, 11) is 0. The highest BCUT2D eigenvalue weighted by atomic mass is 14.9. The van der Waals surface area contributed by atoms with Gasteiger partial charge in [0.2, 0.25) is 5.39 Å². The van der Waals surface area contributed by atoms with E-state index in [2.05, 4.69) is 21.0 Å². The van der Waals surface area contributed by atoms with Crippen molar-refractivity contribution in [2.45, 2.75) is 0 Å². The normalized spacial score (nSPS) is 10.8. The molecule has 2 aromatic carbocycles. The minimum atomic E-state index is 0.510. The molecule has 0 aliphatic heterocycles. The summed E-state index contributed by atoms with van der Waals surface area (Å²) < 4.78 is 0. The van der Waals surface area contributed by atoms with E-state index in [1.807, 2.05) is 42.5 Å². The molecule has 0 radical (unpaired) electrons. The maximum absolute atomic E-state index is 9.18. The van der Waals surface area contributed by atoms with Crippen molar-refractivity contribution in [2.75, 3.05) is 0 Å². The molecule has 4 nitrogen and oxygen atoms in total. The molecule has 0 saturated heterocycles. The molecule has 0 fully saturated rings. The Labute approximate surface area is 120 Å². The Morgan fingerprint density at radius 2 is 1.71 bits per heavy atom. The van der Waals surface area contributed by atoms with Gasteiger partial charge in [0.25, 0.3) is 0 Å². The second-order valence-electron chi connectivity index (χ2n) is 4.87. The fourth-order valence-electron chi connectivity index (χ4n) is 2.74. The largest absolute Gasteiger partial charge is 0.394 e. The van der Waals surface area contributed by atoms with Gasteiger partial charge in [-0.15, -0.1) is 0 Å². The second kappa shape index (κ2) is 4.43. The SMILES string of the molecule is N#[N+]c1ccccc1-c1nccc2c1[nH]c1ccccc12. The summed E-state index contributed by atoms with van der Waals surface area (Å²) in [6.45, 7) is 0. The summed E-state index contributed by atoms with van der Waals surface area (Å²) in [5.74, 6) is 0. The van der Waals surface area contributed by atoms with Gasteiger partial charge in [0.1, 0.15) is 5.69 Å². The van der Waals surface area contributed by atoms with Crippen LogP contribution in [0.15, 0.2) is 60.8 Å². The van der Waals surface area contributed by atoms with Crippen LogP contribution in [0.5, 0.6) is 0 Å². The zero-order valence-electron chi connectivity index (χ0n) is 11.1. The molecule has 98 valence electrons. The molecule has 21 heavy (non-hydrogen) atoms. The number of aromatic nitrogens is 2. The number of fused-ring (bicyclic) bond motifs is 3. The van der Waals surface area contributed by atoms with E-state index in [9.17, 15) is 5.39 Å². The Hall–Kier alpha value is -3.19. The van der Waals surface area contributed by atoms with Crippen LogP contribution in [0.25, 0.3) is 38.0 Å². The van der Waals surface area contributed by atoms with Crippen LogP contribution in [-0.2, 0) is 0 Å². The van der Waals surface area contributed by atoms with Crippen LogP contribution in [0, 0.1) is 5.39 Å². The molecular weight excluding hydrogens is 260 g/mol. The number of nitrogens with one attached hydrogen (secondary N) is 1. The first-order valence-electron chi connectivity index (χ1n) is 6.68. The molecule has 0 aliphatic carbocycles. The number of rotatable bonds is 1. The van der Waals surface area contributed by atoms with Crippen LogP contribution in [0.2, 0.25) is 0 Å². The Kier molecular flexibility index (Phi) is 2.45. The lowest BCUT2D eigenvalue weighted by Gasteiger charge is -2.00. The van der Waals surface area contributed by atoms with Crippen LogP contribution in [0.1, 0.15) is 0 Å². The molecule has 4 aromatic rings. The molecule has 2 aromatic heterocycles. The van der Waals surface area contributed by atoms with Gasteiger partial charge in [0, 0.05) is 28.6 Å². The predicted molar refractivity (Wildman–Crippen MR) is 83.8 cm³/mol. The van der Waals surface area contributed by atoms with Crippen molar-refractivity contribution in [3.8, 4) is 11.3 Å². The lowest BCUT2D eigenvalue weighted by atomic mass is 10.1. The van der Waals surface area contributed by atoms with Crippen LogP contribution in [0.4, 0.5) is 5.69 Å². The van der Waals surface area contributed by atoms with Gasteiger partial charge < -0.3 is 4.98 Å². The van der Waals surface area contributed by atoms with E-state index >= 15 is 0 Å². The number of pyridine rings is 1. The van der Waals surface area contributed by atoms with Gasteiger partial charge in [-0.25, -0.2) is 0 Å². The van der Waals surface area contributed by atoms with Crippen molar-refractivity contribution >= 4 is 27.5 Å². The quantitative estimate of drug-likeness (QED) is 0.502. The third-order valence-electron chi connectivity index (χ3n) is 3.69. The van der Waals surface area contributed by atoms with Crippen LogP contribution < -0.4 is 0 Å². The van der Waals surface area contributed by atoms with E-state index in [-0.39, 0.29) is 0 Å². The number of diazo groups is 1. The number of nitrogens with zero attached hydrogens (tertiary/aromatic N) is 3. The third-order valence-corrected chi connectivity index (χ3v) is 3.69. The Bertz CT molecular complexity index is 1010. The van der Waals surface area contributed by atoms with Crippen LogP contribution in [0.3, 0.4) is 0 Å². The van der Waals surface area contributed by atoms with Gasteiger partial charge in [-0.2, -0.15) is 0 Å². The number of aromatic amines is 1. The summed E-state index contributed by atoms with van der Waals surface area (Å²) in [6, 6.07) is 17.6. The maximum Gasteiger partial charge on any atom is 0.394 e. The lowest BCUT2D eigenvalue weighted by Crippen LogP contribution is -1.85. The third kappa shape index (κ3) is 1.68. The summed E-state index contributed by atoms with van der Waals surface area (Å²) in [5.41, 5.74) is 4.13. The first-order valence-corrected chi connectivity index (χ1v) is 6.68.